The van der Waals surface area contributed by atoms with Crippen LogP contribution in [0.3, 0.4) is 0 Å². The van der Waals surface area contributed by atoms with E-state index in [0.717, 1.165) is 45.0 Å². The summed E-state index contributed by atoms with van der Waals surface area (Å²) in [6, 6.07) is 8.35. The number of para-hydroxylation sites is 1. The molecule has 0 saturated carbocycles. The molecule has 4 nitrogen and oxygen atoms in total. The maximum absolute atomic E-state index is 5.35. The third kappa shape index (κ3) is 2.48. The van der Waals surface area contributed by atoms with Gasteiger partial charge in [0.05, 0.1) is 24.6 Å². The third-order valence-electron chi connectivity index (χ3n) is 3.26. The van der Waals surface area contributed by atoms with Gasteiger partial charge in [0.25, 0.3) is 0 Å². The highest BCUT2D eigenvalue weighted by atomic mass is 16.5. The molecular formula is C13H17N3O. The van der Waals surface area contributed by atoms with Crippen molar-refractivity contribution in [2.24, 2.45) is 5.10 Å². The normalized spacial score (nSPS) is 20.4. The number of nitrogens with one attached hydrogen (secondary N) is 1. The van der Waals surface area contributed by atoms with E-state index in [4.69, 9.17) is 4.74 Å². The Bertz CT molecular complexity index is 424. The number of benzene rings is 1. The summed E-state index contributed by atoms with van der Waals surface area (Å²) in [7, 11) is 0. The number of morpholine rings is 1. The minimum atomic E-state index is 0.845. The first-order chi connectivity index (χ1) is 8.42. The highest BCUT2D eigenvalue weighted by Gasteiger charge is 2.16. The Morgan fingerprint density at radius 2 is 2.06 bits per heavy atom. The lowest BCUT2D eigenvalue weighted by atomic mass is 10.0. The first-order valence-electron chi connectivity index (χ1n) is 6.11. The lowest BCUT2D eigenvalue weighted by Gasteiger charge is -2.28. The first kappa shape index (κ1) is 10.7. The Labute approximate surface area is 101 Å². The van der Waals surface area contributed by atoms with Crippen molar-refractivity contribution in [1.29, 1.82) is 0 Å². The van der Waals surface area contributed by atoms with Crippen molar-refractivity contribution < 1.29 is 4.74 Å². The van der Waals surface area contributed by atoms with Gasteiger partial charge in [0, 0.05) is 26.1 Å². The summed E-state index contributed by atoms with van der Waals surface area (Å²) in [5.74, 6) is 0. The van der Waals surface area contributed by atoms with Gasteiger partial charge in [-0.25, -0.2) is 0 Å². The van der Waals surface area contributed by atoms with E-state index in [1.807, 2.05) is 6.07 Å². The predicted octanol–water partition coefficient (Wildman–Crippen LogP) is 1.34. The molecule has 0 aliphatic carbocycles. The number of hydrazone groups is 1. The second kappa shape index (κ2) is 4.85. The highest BCUT2D eigenvalue weighted by molar-refractivity contribution is 5.92. The van der Waals surface area contributed by atoms with Gasteiger partial charge in [0.2, 0.25) is 0 Å². The van der Waals surface area contributed by atoms with Crippen LogP contribution in [0.5, 0.6) is 0 Å². The van der Waals surface area contributed by atoms with Crippen LogP contribution >= 0.6 is 0 Å². The van der Waals surface area contributed by atoms with Crippen molar-refractivity contribution in [3.8, 4) is 0 Å². The Balaban J connectivity index is 1.64. The maximum Gasteiger partial charge on any atom is 0.0597 e. The Morgan fingerprint density at radius 3 is 2.94 bits per heavy atom. The molecule has 4 heteroatoms. The van der Waals surface area contributed by atoms with Gasteiger partial charge >= 0.3 is 0 Å². The van der Waals surface area contributed by atoms with Crippen LogP contribution in [0.15, 0.2) is 29.4 Å². The fraction of sp³-hybridized carbons (Fsp3) is 0.462. The van der Waals surface area contributed by atoms with Crippen molar-refractivity contribution in [2.75, 3.05) is 38.3 Å². The average molecular weight is 231 g/mol. The van der Waals surface area contributed by atoms with Crippen LogP contribution in [0.25, 0.3) is 0 Å². The van der Waals surface area contributed by atoms with Crippen molar-refractivity contribution in [3.63, 3.8) is 0 Å². The van der Waals surface area contributed by atoms with Crippen LogP contribution in [0.2, 0.25) is 0 Å². The lowest BCUT2D eigenvalue weighted by molar-refractivity contribution is 0.0451. The zero-order valence-electron chi connectivity index (χ0n) is 9.85. The van der Waals surface area contributed by atoms with E-state index >= 15 is 0 Å². The molecule has 1 saturated heterocycles. The third-order valence-corrected chi connectivity index (χ3v) is 3.26. The SMILES string of the molecule is c1ccc2c(c1)CC(CN1CCOCC1)=NN2. The summed E-state index contributed by atoms with van der Waals surface area (Å²) in [5.41, 5.74) is 6.82. The average Bonchev–Trinajstić information content (AvgIpc) is 2.40. The first-order valence-corrected chi connectivity index (χ1v) is 6.11. The number of fused-ring (bicyclic) bond motifs is 1. The second-order valence-corrected chi connectivity index (χ2v) is 4.51. The number of anilines is 1. The van der Waals surface area contributed by atoms with E-state index in [-0.39, 0.29) is 0 Å². The summed E-state index contributed by atoms with van der Waals surface area (Å²) < 4.78 is 5.35. The molecule has 0 amide bonds. The van der Waals surface area contributed by atoms with Crippen molar-refractivity contribution >= 4 is 11.4 Å². The van der Waals surface area contributed by atoms with Crippen LogP contribution in [0, 0.1) is 0 Å². The van der Waals surface area contributed by atoms with Crippen LogP contribution in [-0.4, -0.2) is 43.5 Å². The molecule has 0 aromatic heterocycles. The summed E-state index contributed by atoms with van der Waals surface area (Å²) in [5, 5.41) is 4.45. The molecule has 2 aliphatic heterocycles. The minimum absolute atomic E-state index is 0.845. The van der Waals surface area contributed by atoms with Gasteiger partial charge in [-0.2, -0.15) is 5.10 Å². The fourth-order valence-electron chi connectivity index (χ4n) is 2.29. The smallest absolute Gasteiger partial charge is 0.0597 e. The maximum atomic E-state index is 5.35. The molecule has 1 aromatic carbocycles. The van der Waals surface area contributed by atoms with E-state index in [1.54, 1.807) is 0 Å². The molecule has 1 fully saturated rings. The molecule has 3 rings (SSSR count). The largest absolute Gasteiger partial charge is 0.379 e. The number of hydrogen-bond donors (Lipinski definition) is 1. The van der Waals surface area contributed by atoms with E-state index in [1.165, 1.54) is 11.3 Å². The zero-order valence-corrected chi connectivity index (χ0v) is 9.85. The zero-order chi connectivity index (χ0) is 11.5. The van der Waals surface area contributed by atoms with E-state index < -0.39 is 0 Å². The molecule has 0 atom stereocenters. The molecule has 0 unspecified atom stereocenters. The number of rotatable bonds is 2. The van der Waals surface area contributed by atoms with Crippen molar-refractivity contribution in [1.82, 2.24) is 4.90 Å². The lowest BCUT2D eigenvalue weighted by Crippen LogP contribution is -2.40. The molecular weight excluding hydrogens is 214 g/mol. The Morgan fingerprint density at radius 1 is 1.24 bits per heavy atom. The van der Waals surface area contributed by atoms with E-state index in [2.05, 4.69) is 33.6 Å². The molecule has 0 bridgehead atoms. The summed E-state index contributed by atoms with van der Waals surface area (Å²) >= 11 is 0. The Kier molecular flexibility index (Phi) is 3.07. The minimum Gasteiger partial charge on any atom is -0.379 e. The van der Waals surface area contributed by atoms with Gasteiger partial charge in [-0.05, 0) is 11.6 Å². The van der Waals surface area contributed by atoms with Crippen molar-refractivity contribution in [3.05, 3.63) is 29.8 Å². The molecule has 90 valence electrons. The Hall–Kier alpha value is -1.39. The standard InChI is InChI=1S/C13H17N3O/c1-2-4-13-11(3-1)9-12(14-15-13)10-16-5-7-17-8-6-16/h1-4,15H,5-10H2. The van der Waals surface area contributed by atoms with Crippen LogP contribution in [-0.2, 0) is 11.2 Å². The predicted molar refractivity (Wildman–Crippen MR) is 68.5 cm³/mol. The van der Waals surface area contributed by atoms with Gasteiger partial charge in [-0.1, -0.05) is 18.2 Å². The molecule has 0 radical (unpaired) electrons. The number of hydrogen-bond acceptors (Lipinski definition) is 4. The van der Waals surface area contributed by atoms with Crippen LogP contribution < -0.4 is 5.43 Å². The number of ether oxygens (including phenoxy) is 1. The van der Waals surface area contributed by atoms with Gasteiger partial charge in [-0.3, -0.25) is 10.3 Å². The van der Waals surface area contributed by atoms with Gasteiger partial charge in [0.1, 0.15) is 0 Å². The fourth-order valence-corrected chi connectivity index (χ4v) is 2.29. The van der Waals surface area contributed by atoms with Crippen molar-refractivity contribution in [2.45, 2.75) is 6.42 Å². The molecule has 2 heterocycles. The van der Waals surface area contributed by atoms with E-state index in [9.17, 15) is 0 Å². The summed E-state index contributed by atoms with van der Waals surface area (Å²) in [6.07, 6.45) is 0.959. The monoisotopic (exact) mass is 231 g/mol. The topological polar surface area (TPSA) is 36.9 Å². The van der Waals surface area contributed by atoms with Gasteiger partial charge in [-0.15, -0.1) is 0 Å². The van der Waals surface area contributed by atoms with Crippen LogP contribution in [0.1, 0.15) is 5.56 Å². The van der Waals surface area contributed by atoms with Crippen LogP contribution in [0.4, 0.5) is 5.69 Å². The van der Waals surface area contributed by atoms with Gasteiger partial charge in [0.15, 0.2) is 0 Å². The molecule has 1 aromatic rings. The number of nitrogens with zero attached hydrogens (tertiary/aromatic N) is 2. The van der Waals surface area contributed by atoms with E-state index in [0.29, 0.717) is 0 Å². The molecule has 0 spiro atoms. The summed E-state index contributed by atoms with van der Waals surface area (Å²) in [4.78, 5) is 2.40. The molecule has 1 N–H and O–H groups in total. The second-order valence-electron chi connectivity index (χ2n) is 4.51. The molecule has 17 heavy (non-hydrogen) atoms. The highest BCUT2D eigenvalue weighted by Crippen LogP contribution is 2.20. The van der Waals surface area contributed by atoms with Gasteiger partial charge < -0.3 is 4.74 Å². The molecule has 2 aliphatic rings. The quantitative estimate of drug-likeness (QED) is 0.834. The summed E-state index contributed by atoms with van der Waals surface area (Å²) in [6.45, 7) is 4.67.